The van der Waals surface area contributed by atoms with Gasteiger partial charge in [0.2, 0.25) is 11.8 Å². The van der Waals surface area contributed by atoms with Gasteiger partial charge in [-0.1, -0.05) is 6.92 Å². The Morgan fingerprint density at radius 1 is 1.10 bits per heavy atom. The van der Waals surface area contributed by atoms with Crippen molar-refractivity contribution in [1.29, 1.82) is 0 Å². The molecule has 2 amide bonds. The van der Waals surface area contributed by atoms with Crippen molar-refractivity contribution in [1.82, 2.24) is 5.32 Å². The van der Waals surface area contributed by atoms with Gasteiger partial charge in [-0.2, -0.15) is 0 Å². The first-order valence-corrected chi connectivity index (χ1v) is 6.22. The summed E-state index contributed by atoms with van der Waals surface area (Å²) in [5, 5.41) is 1.94. The predicted octanol–water partition coefficient (Wildman–Crippen LogP) is 1.91. The van der Waals surface area contributed by atoms with Crippen LogP contribution in [0.3, 0.4) is 0 Å². The molecule has 1 atom stereocenters. The van der Waals surface area contributed by atoms with E-state index in [4.69, 9.17) is 5.73 Å². The van der Waals surface area contributed by atoms with Crippen LogP contribution in [0.5, 0.6) is 0 Å². The van der Waals surface area contributed by atoms with Gasteiger partial charge in [-0.15, -0.1) is 0 Å². The Hall–Kier alpha value is -2.12. The second kappa shape index (κ2) is 5.01. The number of imide groups is 1. The van der Waals surface area contributed by atoms with E-state index in [1.54, 1.807) is 0 Å². The minimum atomic E-state index is -1.85. The number of nitrogen functional groups attached to an aromatic ring is 1. The van der Waals surface area contributed by atoms with E-state index in [0.717, 1.165) is 0 Å². The highest BCUT2D eigenvalue weighted by Gasteiger charge is 2.48. The van der Waals surface area contributed by atoms with Crippen LogP contribution in [0, 0.1) is 23.3 Å². The first kappa shape index (κ1) is 15.3. The minimum Gasteiger partial charge on any atom is -0.394 e. The van der Waals surface area contributed by atoms with Gasteiger partial charge in [0, 0.05) is 12.0 Å². The lowest BCUT2D eigenvalue weighted by molar-refractivity contribution is -0.138. The smallest absolute Gasteiger partial charge is 0.237 e. The number of nitrogens with two attached hydrogens (primary N) is 1. The quantitative estimate of drug-likeness (QED) is 0.379. The number of carbonyl (C=O) groups is 2. The van der Waals surface area contributed by atoms with Gasteiger partial charge in [-0.3, -0.25) is 14.9 Å². The molecule has 1 saturated heterocycles. The van der Waals surface area contributed by atoms with E-state index in [9.17, 15) is 27.2 Å². The second-order valence-corrected chi connectivity index (χ2v) is 4.86. The molecule has 1 aliphatic heterocycles. The molecular weight excluding hydrogens is 292 g/mol. The van der Waals surface area contributed by atoms with Gasteiger partial charge in [0.05, 0.1) is 5.41 Å². The number of amides is 2. The maximum Gasteiger partial charge on any atom is 0.237 e. The number of halogens is 4. The lowest BCUT2D eigenvalue weighted by atomic mass is 9.71. The largest absolute Gasteiger partial charge is 0.394 e. The molecule has 1 heterocycles. The molecule has 0 radical (unpaired) electrons. The summed E-state index contributed by atoms with van der Waals surface area (Å²) in [4.78, 5) is 23.2. The summed E-state index contributed by atoms with van der Waals surface area (Å²) in [5.74, 6) is -8.51. The normalized spacial score (nSPS) is 22.3. The molecule has 0 aromatic heterocycles. The third-order valence-electron chi connectivity index (χ3n) is 3.85. The Balaban J connectivity index is 2.75. The molecule has 114 valence electrons. The summed E-state index contributed by atoms with van der Waals surface area (Å²) in [6.45, 7) is 1.43. The average Bonchev–Trinajstić information content (AvgIpc) is 2.45. The number of nitrogens with one attached hydrogen (secondary N) is 1. The molecule has 1 fully saturated rings. The molecule has 2 rings (SSSR count). The number of anilines is 1. The van der Waals surface area contributed by atoms with Gasteiger partial charge in [0.15, 0.2) is 23.3 Å². The van der Waals surface area contributed by atoms with E-state index in [-0.39, 0.29) is 19.3 Å². The number of rotatable bonds is 2. The van der Waals surface area contributed by atoms with Crippen molar-refractivity contribution in [3.05, 3.63) is 28.8 Å². The van der Waals surface area contributed by atoms with Crippen LogP contribution in [0.4, 0.5) is 23.2 Å². The first-order chi connectivity index (χ1) is 9.76. The van der Waals surface area contributed by atoms with E-state index in [2.05, 4.69) is 0 Å². The van der Waals surface area contributed by atoms with Crippen LogP contribution in [0.15, 0.2) is 0 Å². The monoisotopic (exact) mass is 304 g/mol. The molecule has 3 N–H and O–H groups in total. The SMILES string of the molecule is CCC1(c2c(F)c(F)c(N)c(F)c2F)CCC(=O)NC1=O. The molecule has 4 nitrogen and oxygen atoms in total. The molecule has 1 aromatic rings. The summed E-state index contributed by atoms with van der Waals surface area (Å²) in [6.07, 6.45) is -0.570. The molecule has 1 unspecified atom stereocenters. The lowest BCUT2D eigenvalue weighted by Gasteiger charge is -2.35. The fraction of sp³-hybridized carbons (Fsp3) is 0.385. The van der Waals surface area contributed by atoms with E-state index < -0.39 is 51.7 Å². The summed E-state index contributed by atoms with van der Waals surface area (Å²) in [6, 6.07) is 0. The fourth-order valence-electron chi connectivity index (χ4n) is 2.57. The number of carbonyl (C=O) groups excluding carboxylic acids is 2. The van der Waals surface area contributed by atoms with Gasteiger partial charge < -0.3 is 5.73 Å². The summed E-state index contributed by atoms with van der Waals surface area (Å²) in [7, 11) is 0. The topological polar surface area (TPSA) is 72.2 Å². The van der Waals surface area contributed by atoms with Gasteiger partial charge in [-0.05, 0) is 12.8 Å². The van der Waals surface area contributed by atoms with E-state index in [1.807, 2.05) is 5.32 Å². The molecule has 0 aliphatic carbocycles. The average molecular weight is 304 g/mol. The Kier molecular flexibility index (Phi) is 3.65. The third kappa shape index (κ3) is 2.05. The van der Waals surface area contributed by atoms with Crippen molar-refractivity contribution in [3.63, 3.8) is 0 Å². The molecule has 1 aromatic carbocycles. The van der Waals surface area contributed by atoms with Crippen molar-refractivity contribution >= 4 is 17.5 Å². The van der Waals surface area contributed by atoms with Crippen LogP contribution in [0.1, 0.15) is 31.7 Å². The summed E-state index contributed by atoms with van der Waals surface area (Å²) in [5.41, 5.74) is 0.775. The summed E-state index contributed by atoms with van der Waals surface area (Å²) >= 11 is 0. The molecular formula is C13H12F4N2O2. The van der Waals surface area contributed by atoms with Crippen molar-refractivity contribution in [2.75, 3.05) is 5.73 Å². The highest BCUT2D eigenvalue weighted by Crippen LogP contribution is 2.41. The lowest BCUT2D eigenvalue weighted by Crippen LogP contribution is -2.52. The van der Waals surface area contributed by atoms with Gasteiger partial charge in [0.25, 0.3) is 0 Å². The zero-order chi connectivity index (χ0) is 15.9. The van der Waals surface area contributed by atoms with E-state index in [1.165, 1.54) is 6.92 Å². The Morgan fingerprint density at radius 2 is 1.62 bits per heavy atom. The zero-order valence-electron chi connectivity index (χ0n) is 11.0. The number of hydrogen-bond acceptors (Lipinski definition) is 3. The van der Waals surface area contributed by atoms with Crippen molar-refractivity contribution in [3.8, 4) is 0 Å². The molecule has 21 heavy (non-hydrogen) atoms. The molecule has 1 aliphatic rings. The van der Waals surface area contributed by atoms with Crippen LogP contribution < -0.4 is 11.1 Å². The van der Waals surface area contributed by atoms with Crippen molar-refractivity contribution in [2.24, 2.45) is 0 Å². The number of benzene rings is 1. The predicted molar refractivity (Wildman–Crippen MR) is 65.0 cm³/mol. The Morgan fingerprint density at radius 3 is 2.05 bits per heavy atom. The maximum atomic E-state index is 14.1. The van der Waals surface area contributed by atoms with E-state index >= 15 is 0 Å². The highest BCUT2D eigenvalue weighted by molar-refractivity contribution is 6.03. The molecule has 0 spiro atoms. The maximum absolute atomic E-state index is 14.1. The first-order valence-electron chi connectivity index (χ1n) is 6.22. The Bertz CT molecular complexity index is 619. The fourth-order valence-corrected chi connectivity index (χ4v) is 2.57. The zero-order valence-corrected chi connectivity index (χ0v) is 11.0. The van der Waals surface area contributed by atoms with E-state index in [0.29, 0.717) is 0 Å². The standard InChI is InChI=1S/C13H12F4N2O2/c1-2-13(4-3-5(20)19-12(13)21)6-7(14)9(16)11(18)10(17)8(6)15/h2-4,18H2,1H3,(H,19,20,21). The second-order valence-electron chi connectivity index (χ2n) is 4.86. The van der Waals surface area contributed by atoms with Crippen LogP contribution in [0.2, 0.25) is 0 Å². The molecule has 8 heteroatoms. The van der Waals surface area contributed by atoms with Gasteiger partial charge in [0.1, 0.15) is 5.69 Å². The number of hydrogen-bond donors (Lipinski definition) is 2. The Labute approximate surface area is 117 Å². The van der Waals surface area contributed by atoms with Gasteiger partial charge >= 0.3 is 0 Å². The third-order valence-corrected chi connectivity index (χ3v) is 3.85. The van der Waals surface area contributed by atoms with Gasteiger partial charge in [-0.25, -0.2) is 17.6 Å². The number of piperidine rings is 1. The minimum absolute atomic E-state index is 0.136. The van der Waals surface area contributed by atoms with Crippen LogP contribution in [0.25, 0.3) is 0 Å². The van der Waals surface area contributed by atoms with Crippen LogP contribution in [-0.4, -0.2) is 11.8 Å². The highest BCUT2D eigenvalue weighted by atomic mass is 19.2. The molecule has 0 saturated carbocycles. The van der Waals surface area contributed by atoms with Crippen molar-refractivity contribution in [2.45, 2.75) is 31.6 Å². The van der Waals surface area contributed by atoms with Crippen LogP contribution >= 0.6 is 0 Å². The molecule has 0 bridgehead atoms. The summed E-state index contributed by atoms with van der Waals surface area (Å²) < 4.78 is 55.3. The van der Waals surface area contributed by atoms with Crippen LogP contribution in [-0.2, 0) is 15.0 Å². The van der Waals surface area contributed by atoms with Crippen molar-refractivity contribution < 1.29 is 27.2 Å².